The van der Waals surface area contributed by atoms with Crippen molar-refractivity contribution in [2.75, 3.05) is 13.1 Å². The summed E-state index contributed by atoms with van der Waals surface area (Å²) in [6, 6.07) is -0.229. The molecule has 69 valence electrons. The van der Waals surface area contributed by atoms with Crippen molar-refractivity contribution in [3.05, 3.63) is 12.2 Å². The van der Waals surface area contributed by atoms with Crippen molar-refractivity contribution in [1.29, 1.82) is 0 Å². The number of amides is 2. The van der Waals surface area contributed by atoms with Gasteiger partial charge in [0, 0.05) is 25.2 Å². The fourth-order valence-corrected chi connectivity index (χ4v) is 1.69. The standard InChI is InChI=1S/C8H9N2O3/c11-7-1-2-8(12)10(7)6-3-4-9(13)5-6/h1-2,6H,3-5H2. The second-order valence-corrected chi connectivity index (χ2v) is 3.21. The van der Waals surface area contributed by atoms with Gasteiger partial charge in [-0.1, -0.05) is 0 Å². The van der Waals surface area contributed by atoms with E-state index in [2.05, 4.69) is 0 Å². The summed E-state index contributed by atoms with van der Waals surface area (Å²) >= 11 is 0. The number of imide groups is 1. The summed E-state index contributed by atoms with van der Waals surface area (Å²) in [5.41, 5.74) is 0. The lowest BCUT2D eigenvalue weighted by Crippen LogP contribution is -2.41. The first-order valence-electron chi connectivity index (χ1n) is 4.16. The summed E-state index contributed by atoms with van der Waals surface area (Å²) in [7, 11) is 0. The molecule has 0 N–H and O–H groups in total. The van der Waals surface area contributed by atoms with Crippen molar-refractivity contribution in [1.82, 2.24) is 9.96 Å². The van der Waals surface area contributed by atoms with Gasteiger partial charge < -0.3 is 0 Å². The Bertz CT molecular complexity index is 269. The number of nitrogens with zero attached hydrogens (tertiary/aromatic N) is 2. The zero-order valence-corrected chi connectivity index (χ0v) is 6.97. The molecule has 0 aromatic carbocycles. The number of hydroxylamine groups is 2. The third-order valence-electron chi connectivity index (χ3n) is 2.33. The largest absolute Gasteiger partial charge is 0.271 e. The first-order chi connectivity index (χ1) is 6.18. The lowest BCUT2D eigenvalue weighted by molar-refractivity contribution is -0.148. The number of rotatable bonds is 1. The van der Waals surface area contributed by atoms with E-state index in [0.717, 1.165) is 9.96 Å². The Labute approximate surface area is 75.2 Å². The van der Waals surface area contributed by atoms with E-state index in [1.54, 1.807) is 0 Å². The minimum absolute atomic E-state index is 0.229. The molecule has 0 spiro atoms. The molecule has 13 heavy (non-hydrogen) atoms. The summed E-state index contributed by atoms with van der Waals surface area (Å²) < 4.78 is 0. The zero-order valence-electron chi connectivity index (χ0n) is 6.97. The van der Waals surface area contributed by atoms with Gasteiger partial charge in [0.05, 0.1) is 6.04 Å². The van der Waals surface area contributed by atoms with Crippen LogP contribution in [0.1, 0.15) is 6.42 Å². The van der Waals surface area contributed by atoms with Gasteiger partial charge in [-0.2, -0.15) is 5.06 Å². The molecule has 2 rings (SSSR count). The Morgan fingerprint density at radius 1 is 1.23 bits per heavy atom. The third kappa shape index (κ3) is 1.36. The van der Waals surface area contributed by atoms with Gasteiger partial charge >= 0.3 is 0 Å². The van der Waals surface area contributed by atoms with Crippen LogP contribution in [0.3, 0.4) is 0 Å². The highest BCUT2D eigenvalue weighted by Crippen LogP contribution is 2.17. The minimum atomic E-state index is -0.301. The summed E-state index contributed by atoms with van der Waals surface area (Å²) in [6.45, 7) is 0.654. The predicted octanol–water partition coefficient (Wildman–Crippen LogP) is -0.669. The minimum Gasteiger partial charge on any atom is -0.271 e. The van der Waals surface area contributed by atoms with Crippen molar-refractivity contribution < 1.29 is 14.8 Å². The highest BCUT2D eigenvalue weighted by molar-refractivity contribution is 6.13. The average molecular weight is 181 g/mol. The molecule has 2 aliphatic rings. The van der Waals surface area contributed by atoms with Gasteiger partial charge in [-0.05, 0) is 6.42 Å². The van der Waals surface area contributed by atoms with Gasteiger partial charge in [-0.25, -0.2) is 0 Å². The smallest absolute Gasteiger partial charge is 0.253 e. The lowest BCUT2D eigenvalue weighted by atomic mass is 10.2. The first kappa shape index (κ1) is 8.40. The van der Waals surface area contributed by atoms with Gasteiger partial charge in [0.15, 0.2) is 0 Å². The van der Waals surface area contributed by atoms with E-state index in [1.807, 2.05) is 0 Å². The molecule has 2 amide bonds. The summed E-state index contributed by atoms with van der Waals surface area (Å²) in [4.78, 5) is 23.5. The Balaban J connectivity index is 2.09. The van der Waals surface area contributed by atoms with E-state index >= 15 is 0 Å². The molecule has 0 aromatic rings. The van der Waals surface area contributed by atoms with Crippen molar-refractivity contribution in [2.24, 2.45) is 0 Å². The Hall–Kier alpha value is -1.20. The number of carbonyl (C=O) groups excluding carboxylic acids is 2. The Morgan fingerprint density at radius 2 is 1.85 bits per heavy atom. The third-order valence-corrected chi connectivity index (χ3v) is 2.33. The Morgan fingerprint density at radius 3 is 2.31 bits per heavy atom. The van der Waals surface area contributed by atoms with Gasteiger partial charge in [0.1, 0.15) is 0 Å². The average Bonchev–Trinajstić information content (AvgIpc) is 2.60. The van der Waals surface area contributed by atoms with Crippen molar-refractivity contribution in [3.63, 3.8) is 0 Å². The van der Waals surface area contributed by atoms with Gasteiger partial charge in [0.25, 0.3) is 11.8 Å². The second-order valence-electron chi connectivity index (χ2n) is 3.21. The fourth-order valence-electron chi connectivity index (χ4n) is 1.69. The van der Waals surface area contributed by atoms with E-state index in [1.165, 1.54) is 12.2 Å². The van der Waals surface area contributed by atoms with Crippen LogP contribution in [0.4, 0.5) is 0 Å². The van der Waals surface area contributed by atoms with E-state index in [-0.39, 0.29) is 24.4 Å². The SMILES string of the molecule is [O]N1CCC(N2C(=O)C=CC2=O)C1. The summed E-state index contributed by atoms with van der Waals surface area (Å²) in [6.07, 6.45) is 3.08. The van der Waals surface area contributed by atoms with E-state index in [0.29, 0.717) is 13.0 Å². The van der Waals surface area contributed by atoms with Crippen LogP contribution in [0.15, 0.2) is 12.2 Å². The van der Waals surface area contributed by atoms with Crippen LogP contribution in [-0.2, 0) is 14.8 Å². The molecular formula is C8H9N2O3. The molecule has 0 saturated carbocycles. The molecule has 2 aliphatic heterocycles. The van der Waals surface area contributed by atoms with Crippen LogP contribution in [0.25, 0.3) is 0 Å². The molecule has 1 atom stereocenters. The number of hydrogen-bond donors (Lipinski definition) is 0. The predicted molar refractivity (Wildman–Crippen MR) is 41.7 cm³/mol. The maximum atomic E-state index is 11.2. The fraction of sp³-hybridized carbons (Fsp3) is 0.500. The first-order valence-corrected chi connectivity index (χ1v) is 4.16. The zero-order chi connectivity index (χ0) is 9.42. The maximum absolute atomic E-state index is 11.2. The van der Waals surface area contributed by atoms with Crippen molar-refractivity contribution in [3.8, 4) is 0 Å². The van der Waals surface area contributed by atoms with E-state index in [9.17, 15) is 14.8 Å². The molecule has 0 bridgehead atoms. The van der Waals surface area contributed by atoms with Gasteiger partial charge in [-0.3, -0.25) is 14.5 Å². The highest BCUT2D eigenvalue weighted by Gasteiger charge is 2.35. The van der Waals surface area contributed by atoms with Crippen LogP contribution in [0.2, 0.25) is 0 Å². The molecule has 1 radical (unpaired) electrons. The molecule has 2 heterocycles. The van der Waals surface area contributed by atoms with E-state index in [4.69, 9.17) is 0 Å². The van der Waals surface area contributed by atoms with Crippen LogP contribution < -0.4 is 0 Å². The Kier molecular flexibility index (Phi) is 1.90. The highest BCUT2D eigenvalue weighted by atomic mass is 16.5. The quantitative estimate of drug-likeness (QED) is 0.504. The van der Waals surface area contributed by atoms with E-state index < -0.39 is 0 Å². The molecule has 1 saturated heterocycles. The van der Waals surface area contributed by atoms with Crippen LogP contribution >= 0.6 is 0 Å². The molecule has 1 fully saturated rings. The normalized spacial score (nSPS) is 29.3. The topological polar surface area (TPSA) is 60.5 Å². The van der Waals surface area contributed by atoms with Gasteiger partial charge in [0.2, 0.25) is 0 Å². The molecule has 0 aromatic heterocycles. The van der Waals surface area contributed by atoms with Crippen molar-refractivity contribution >= 4 is 11.8 Å². The maximum Gasteiger partial charge on any atom is 0.253 e. The summed E-state index contributed by atoms with van der Waals surface area (Å²) in [5, 5.41) is 11.7. The second kappa shape index (κ2) is 2.93. The van der Waals surface area contributed by atoms with Crippen molar-refractivity contribution in [2.45, 2.75) is 12.5 Å². The molecule has 5 nitrogen and oxygen atoms in total. The molecule has 1 unspecified atom stereocenters. The van der Waals surface area contributed by atoms with Crippen LogP contribution in [-0.4, -0.2) is 40.9 Å². The monoisotopic (exact) mass is 181 g/mol. The number of hydrogen-bond acceptors (Lipinski definition) is 3. The van der Waals surface area contributed by atoms with Crippen LogP contribution in [0, 0.1) is 0 Å². The number of carbonyl (C=O) groups is 2. The molecule has 5 heteroatoms. The lowest BCUT2D eigenvalue weighted by Gasteiger charge is -2.20. The molecular weight excluding hydrogens is 172 g/mol. The van der Waals surface area contributed by atoms with Gasteiger partial charge in [-0.15, -0.1) is 5.21 Å². The van der Waals surface area contributed by atoms with Crippen LogP contribution in [0.5, 0.6) is 0 Å². The summed E-state index contributed by atoms with van der Waals surface area (Å²) in [5.74, 6) is -0.601. The molecule has 0 aliphatic carbocycles.